The minimum Gasteiger partial charge on any atom is -0.316 e. The Morgan fingerprint density at radius 2 is 1.67 bits per heavy atom. The van der Waals surface area contributed by atoms with Crippen LogP contribution in [0.5, 0.6) is 0 Å². The number of hydrogen-bond acceptors (Lipinski definition) is 1. The lowest BCUT2D eigenvalue weighted by Crippen LogP contribution is -2.34. The van der Waals surface area contributed by atoms with Gasteiger partial charge < -0.3 is 5.32 Å². The molecule has 0 atom stereocenters. The summed E-state index contributed by atoms with van der Waals surface area (Å²) in [4.78, 5) is 0. The predicted octanol–water partition coefficient (Wildman–Crippen LogP) is 4.23. The first kappa shape index (κ1) is 15.0. The van der Waals surface area contributed by atoms with Crippen molar-refractivity contribution in [2.75, 3.05) is 13.1 Å². The van der Waals surface area contributed by atoms with Crippen molar-refractivity contribution < 1.29 is 0 Å². The molecule has 0 amide bonds. The van der Waals surface area contributed by atoms with Crippen LogP contribution >= 0.6 is 0 Å². The van der Waals surface area contributed by atoms with Gasteiger partial charge in [0, 0.05) is 6.54 Å². The van der Waals surface area contributed by atoms with Crippen molar-refractivity contribution in [2.45, 2.75) is 66.7 Å². The van der Waals surface area contributed by atoms with Gasteiger partial charge in [-0.2, -0.15) is 0 Å². The van der Waals surface area contributed by atoms with E-state index in [9.17, 15) is 0 Å². The topological polar surface area (TPSA) is 12.0 Å². The van der Waals surface area contributed by atoms with Gasteiger partial charge in [0.05, 0.1) is 0 Å². The molecule has 0 unspecified atom stereocenters. The molecule has 0 aliphatic heterocycles. The zero-order chi connectivity index (χ0) is 11.7. The summed E-state index contributed by atoms with van der Waals surface area (Å²) in [7, 11) is 0. The highest BCUT2D eigenvalue weighted by Crippen LogP contribution is 2.32. The second kappa shape index (κ2) is 8.15. The number of nitrogens with one attached hydrogen (secondary N) is 1. The molecule has 0 spiro atoms. The number of hydrogen-bond donors (Lipinski definition) is 1. The van der Waals surface area contributed by atoms with Gasteiger partial charge in [-0.3, -0.25) is 0 Å². The molecule has 15 heavy (non-hydrogen) atoms. The summed E-state index contributed by atoms with van der Waals surface area (Å²) in [5, 5.41) is 3.60. The van der Waals surface area contributed by atoms with Crippen molar-refractivity contribution in [1.82, 2.24) is 5.32 Å². The Kier molecular flexibility index (Phi) is 8.13. The summed E-state index contributed by atoms with van der Waals surface area (Å²) in [5.74, 6) is 0.841. The molecule has 0 saturated heterocycles. The van der Waals surface area contributed by atoms with Gasteiger partial charge in [0.2, 0.25) is 0 Å². The maximum atomic E-state index is 3.60. The van der Waals surface area contributed by atoms with E-state index in [4.69, 9.17) is 0 Å². The fourth-order valence-electron chi connectivity index (χ4n) is 2.07. The first-order valence-corrected chi connectivity index (χ1v) is 6.81. The van der Waals surface area contributed by atoms with Gasteiger partial charge in [-0.15, -0.1) is 0 Å². The lowest BCUT2D eigenvalue weighted by atomic mass is 9.77. The third-order valence-corrected chi connectivity index (χ3v) is 3.68. The van der Waals surface area contributed by atoms with E-state index in [2.05, 4.69) is 39.9 Å². The first-order chi connectivity index (χ1) is 7.10. The van der Waals surface area contributed by atoms with Gasteiger partial charge in [-0.25, -0.2) is 0 Å². The SMILES string of the molecule is CCCNCC(CC)(CC)CCC(C)C. The summed E-state index contributed by atoms with van der Waals surface area (Å²) < 4.78 is 0. The third kappa shape index (κ3) is 6.19. The smallest absolute Gasteiger partial charge is 0.000760 e. The van der Waals surface area contributed by atoms with Crippen molar-refractivity contribution in [3.63, 3.8) is 0 Å². The Bertz CT molecular complexity index is 136. The summed E-state index contributed by atoms with van der Waals surface area (Å²) in [6, 6.07) is 0. The van der Waals surface area contributed by atoms with E-state index < -0.39 is 0 Å². The van der Waals surface area contributed by atoms with Crippen LogP contribution in [0.15, 0.2) is 0 Å². The summed E-state index contributed by atoms with van der Waals surface area (Å²) in [6.45, 7) is 14.0. The molecule has 1 nitrogen and oxygen atoms in total. The molecule has 0 bridgehead atoms. The minimum atomic E-state index is 0.555. The molecular weight excluding hydrogens is 182 g/mol. The van der Waals surface area contributed by atoms with Crippen LogP contribution < -0.4 is 5.32 Å². The van der Waals surface area contributed by atoms with E-state index in [1.165, 1.54) is 45.2 Å². The monoisotopic (exact) mass is 213 g/mol. The molecule has 92 valence electrons. The van der Waals surface area contributed by atoms with E-state index in [0.717, 1.165) is 5.92 Å². The Balaban J connectivity index is 4.05. The van der Waals surface area contributed by atoms with E-state index >= 15 is 0 Å². The molecule has 0 aromatic rings. The second-order valence-corrected chi connectivity index (χ2v) is 5.32. The number of rotatable bonds is 9. The van der Waals surface area contributed by atoms with Gasteiger partial charge in [-0.05, 0) is 43.6 Å². The minimum absolute atomic E-state index is 0.555. The van der Waals surface area contributed by atoms with Crippen molar-refractivity contribution >= 4 is 0 Å². The molecular formula is C14H31N. The molecule has 0 aromatic heterocycles. The Morgan fingerprint density at radius 3 is 2.07 bits per heavy atom. The second-order valence-electron chi connectivity index (χ2n) is 5.32. The standard InChI is InChI=1S/C14H31N/c1-6-11-15-12-14(7-2,8-3)10-9-13(4)5/h13,15H,6-12H2,1-5H3. The fraction of sp³-hybridized carbons (Fsp3) is 1.00. The first-order valence-electron chi connectivity index (χ1n) is 6.81. The maximum absolute atomic E-state index is 3.60. The highest BCUT2D eigenvalue weighted by Gasteiger charge is 2.25. The van der Waals surface area contributed by atoms with E-state index in [1.54, 1.807) is 0 Å². The average Bonchev–Trinajstić information content (AvgIpc) is 2.23. The van der Waals surface area contributed by atoms with Crippen LogP contribution in [-0.2, 0) is 0 Å². The summed E-state index contributed by atoms with van der Waals surface area (Å²) in [6.07, 6.45) is 6.62. The Hall–Kier alpha value is -0.0400. The van der Waals surface area contributed by atoms with E-state index in [0.29, 0.717) is 5.41 Å². The van der Waals surface area contributed by atoms with Crippen LogP contribution in [-0.4, -0.2) is 13.1 Å². The van der Waals surface area contributed by atoms with Crippen molar-refractivity contribution in [1.29, 1.82) is 0 Å². The maximum Gasteiger partial charge on any atom is 0.000760 e. The molecule has 0 saturated carbocycles. The van der Waals surface area contributed by atoms with Crippen LogP contribution in [0, 0.1) is 11.3 Å². The Labute approximate surface area is 97.0 Å². The fourth-order valence-corrected chi connectivity index (χ4v) is 2.07. The van der Waals surface area contributed by atoms with Crippen LogP contribution in [0.2, 0.25) is 0 Å². The quantitative estimate of drug-likeness (QED) is 0.565. The van der Waals surface area contributed by atoms with Gasteiger partial charge in [-0.1, -0.05) is 41.0 Å². The van der Waals surface area contributed by atoms with Crippen LogP contribution in [0.4, 0.5) is 0 Å². The normalized spacial score (nSPS) is 12.4. The zero-order valence-corrected chi connectivity index (χ0v) is 11.5. The lowest BCUT2D eigenvalue weighted by Gasteiger charge is -2.33. The van der Waals surface area contributed by atoms with Gasteiger partial charge in [0.1, 0.15) is 0 Å². The van der Waals surface area contributed by atoms with Crippen molar-refractivity contribution in [2.24, 2.45) is 11.3 Å². The largest absolute Gasteiger partial charge is 0.316 e. The molecule has 1 heteroatoms. The zero-order valence-electron chi connectivity index (χ0n) is 11.5. The highest BCUT2D eigenvalue weighted by atomic mass is 14.9. The van der Waals surface area contributed by atoms with Gasteiger partial charge in [0.15, 0.2) is 0 Å². The Morgan fingerprint density at radius 1 is 1.07 bits per heavy atom. The molecule has 0 rings (SSSR count). The molecule has 0 radical (unpaired) electrons. The van der Waals surface area contributed by atoms with Crippen LogP contribution in [0.3, 0.4) is 0 Å². The van der Waals surface area contributed by atoms with Crippen molar-refractivity contribution in [3.8, 4) is 0 Å². The lowest BCUT2D eigenvalue weighted by molar-refractivity contribution is 0.212. The molecule has 0 aliphatic rings. The molecule has 0 aliphatic carbocycles. The van der Waals surface area contributed by atoms with Gasteiger partial charge >= 0.3 is 0 Å². The van der Waals surface area contributed by atoms with Crippen LogP contribution in [0.25, 0.3) is 0 Å². The third-order valence-electron chi connectivity index (χ3n) is 3.68. The summed E-state index contributed by atoms with van der Waals surface area (Å²) >= 11 is 0. The molecule has 0 aromatic carbocycles. The van der Waals surface area contributed by atoms with E-state index in [1.807, 2.05) is 0 Å². The summed E-state index contributed by atoms with van der Waals surface area (Å²) in [5.41, 5.74) is 0.555. The predicted molar refractivity (Wildman–Crippen MR) is 70.2 cm³/mol. The average molecular weight is 213 g/mol. The molecule has 0 heterocycles. The van der Waals surface area contributed by atoms with Crippen LogP contribution in [0.1, 0.15) is 66.7 Å². The molecule has 0 fully saturated rings. The van der Waals surface area contributed by atoms with Crippen molar-refractivity contribution in [3.05, 3.63) is 0 Å². The van der Waals surface area contributed by atoms with E-state index in [-0.39, 0.29) is 0 Å². The van der Waals surface area contributed by atoms with Gasteiger partial charge in [0.25, 0.3) is 0 Å². The molecule has 1 N–H and O–H groups in total. The highest BCUT2D eigenvalue weighted by molar-refractivity contribution is 4.79.